The van der Waals surface area contributed by atoms with Crippen molar-refractivity contribution < 1.29 is 28.3 Å². The number of carbonyl (C=O) groups excluding carboxylic acids is 4. The predicted molar refractivity (Wildman–Crippen MR) is 220 cm³/mol. The molecule has 0 bridgehead atoms. The van der Waals surface area contributed by atoms with E-state index < -0.39 is 17.8 Å². The summed E-state index contributed by atoms with van der Waals surface area (Å²) in [7, 11) is 0. The Labute approximate surface area is 353 Å². The van der Waals surface area contributed by atoms with Crippen molar-refractivity contribution in [2.75, 3.05) is 55.6 Å². The van der Waals surface area contributed by atoms with E-state index in [1.807, 2.05) is 6.07 Å². The van der Waals surface area contributed by atoms with Crippen LogP contribution in [0.25, 0.3) is 0 Å². The summed E-state index contributed by atoms with van der Waals surface area (Å²) in [6, 6.07) is 13.2. The van der Waals surface area contributed by atoms with Crippen molar-refractivity contribution >= 4 is 46.7 Å². The third kappa shape index (κ3) is 8.24. The van der Waals surface area contributed by atoms with Gasteiger partial charge in [-0.3, -0.25) is 24.5 Å². The topological polar surface area (TPSA) is 164 Å². The Kier molecular flexibility index (Phi) is 11.1. The fourth-order valence-electron chi connectivity index (χ4n) is 10.0. The Hall–Kier alpha value is -5.33. The molecule has 14 nitrogen and oxygen atoms in total. The van der Waals surface area contributed by atoms with Gasteiger partial charge in [-0.2, -0.15) is 5.26 Å². The molecule has 1 saturated carbocycles. The maximum absolute atomic E-state index is 15.4. The number of nitrogens with one attached hydrogen (secondary N) is 2. The third-order valence-electron chi connectivity index (χ3n) is 13.6. The molecule has 2 N–H and O–H groups in total. The number of carbonyl (C=O) groups is 4. The highest BCUT2D eigenvalue weighted by Crippen LogP contribution is 2.45. The number of ether oxygens (including phenoxy) is 1. The van der Waals surface area contributed by atoms with Gasteiger partial charge in [-0.05, 0) is 119 Å². The number of aromatic nitrogens is 2. The number of anilines is 2. The molecule has 16 heteroatoms. The summed E-state index contributed by atoms with van der Waals surface area (Å²) in [5.41, 5.74) is 2.43. The molecule has 314 valence electrons. The van der Waals surface area contributed by atoms with Crippen molar-refractivity contribution in [1.82, 2.24) is 30.6 Å². The van der Waals surface area contributed by atoms with Crippen LogP contribution in [0.15, 0.2) is 42.5 Å². The van der Waals surface area contributed by atoms with Gasteiger partial charge in [0.15, 0.2) is 11.5 Å². The first kappa shape index (κ1) is 40.1. The molecule has 5 fully saturated rings. The van der Waals surface area contributed by atoms with E-state index >= 15 is 4.39 Å². The lowest BCUT2D eigenvalue weighted by Crippen LogP contribution is -2.61. The normalized spacial score (nSPS) is 24.4. The van der Waals surface area contributed by atoms with Gasteiger partial charge in [-0.25, -0.2) is 4.39 Å². The van der Waals surface area contributed by atoms with Gasteiger partial charge in [-0.15, -0.1) is 10.2 Å². The number of fused-ring (bicyclic) bond motifs is 1. The van der Waals surface area contributed by atoms with Gasteiger partial charge in [0.1, 0.15) is 23.7 Å². The second-order valence-corrected chi connectivity index (χ2v) is 18.0. The number of benzene rings is 2. The van der Waals surface area contributed by atoms with E-state index in [0.29, 0.717) is 39.2 Å². The first-order chi connectivity index (χ1) is 29.0. The molecule has 6 heterocycles. The standard InChI is InChI=1S/C44H49ClFN9O5/c45-34-20-32(4-1-28(34)22-47)60-31-5-2-30(3-6-31)48-41(57)36-7-9-39(51-50-36)53-15-11-27(12-16-53)23-52-17-13-44(14-18-52)25-54(26-44)38-19-29-24-55(43(59)33(29)21-35(38)46)37-8-10-40(56)49-42(37)58/h1,4,7,9,19-21,27,30-31,37H,2-3,5-6,8,10-18,23-26H2,(H,48,57)(H,49,56,58). The molecule has 1 spiro atoms. The van der Waals surface area contributed by atoms with E-state index in [0.717, 1.165) is 109 Å². The smallest absolute Gasteiger partial charge is 0.272 e. The number of hydrogen-bond acceptors (Lipinski definition) is 11. The van der Waals surface area contributed by atoms with Crippen LogP contribution in [0.4, 0.5) is 15.9 Å². The summed E-state index contributed by atoms with van der Waals surface area (Å²) in [4.78, 5) is 58.6. The molecule has 60 heavy (non-hydrogen) atoms. The zero-order valence-electron chi connectivity index (χ0n) is 33.5. The minimum atomic E-state index is -0.720. The second kappa shape index (κ2) is 16.6. The Morgan fingerprint density at radius 3 is 2.40 bits per heavy atom. The van der Waals surface area contributed by atoms with Gasteiger partial charge in [0, 0.05) is 68.8 Å². The molecule has 1 unspecified atom stereocenters. The number of nitrogens with zero attached hydrogens (tertiary/aromatic N) is 7. The van der Waals surface area contributed by atoms with E-state index in [1.165, 1.54) is 11.0 Å². The molecule has 4 amide bonds. The lowest BCUT2D eigenvalue weighted by molar-refractivity contribution is -0.136. The highest BCUT2D eigenvalue weighted by molar-refractivity contribution is 6.31. The van der Waals surface area contributed by atoms with Crippen LogP contribution >= 0.6 is 11.6 Å². The number of rotatable bonds is 9. The molecule has 2 aromatic carbocycles. The Bertz CT molecular complexity index is 2200. The van der Waals surface area contributed by atoms with E-state index in [9.17, 15) is 19.2 Å². The molecule has 1 aliphatic carbocycles. The second-order valence-electron chi connectivity index (χ2n) is 17.5. The van der Waals surface area contributed by atoms with E-state index in [2.05, 4.69) is 41.6 Å². The quantitative estimate of drug-likeness (QED) is 0.284. The van der Waals surface area contributed by atoms with Crippen molar-refractivity contribution in [3.63, 3.8) is 0 Å². The van der Waals surface area contributed by atoms with Gasteiger partial charge in [0.2, 0.25) is 11.8 Å². The van der Waals surface area contributed by atoms with Crippen molar-refractivity contribution in [1.29, 1.82) is 5.26 Å². The zero-order chi connectivity index (χ0) is 41.5. The van der Waals surface area contributed by atoms with Crippen LogP contribution in [0.1, 0.15) is 96.2 Å². The minimum absolute atomic E-state index is 0.0222. The van der Waals surface area contributed by atoms with Crippen LogP contribution in [-0.2, 0) is 16.1 Å². The van der Waals surface area contributed by atoms with Crippen molar-refractivity contribution in [3.8, 4) is 11.8 Å². The Morgan fingerprint density at radius 1 is 0.950 bits per heavy atom. The Balaban J connectivity index is 0.684. The Morgan fingerprint density at radius 2 is 1.72 bits per heavy atom. The van der Waals surface area contributed by atoms with Gasteiger partial charge >= 0.3 is 0 Å². The SMILES string of the molecule is N#Cc1ccc(OC2CCC(NC(=O)c3ccc(N4CCC(CN5CCC6(CC5)CN(c5cc7c(cc5F)C(=O)N(C5CCC(=O)NC5=O)C7)C6)CC4)nn3)CC2)cc1Cl. The van der Waals surface area contributed by atoms with Gasteiger partial charge < -0.3 is 29.7 Å². The van der Waals surface area contributed by atoms with Crippen molar-refractivity contribution in [2.24, 2.45) is 11.3 Å². The fourth-order valence-corrected chi connectivity index (χ4v) is 10.3. The summed E-state index contributed by atoms with van der Waals surface area (Å²) in [5, 5.41) is 23.6. The van der Waals surface area contributed by atoms with Crippen molar-refractivity contribution in [2.45, 2.75) is 88.9 Å². The number of imide groups is 1. The van der Waals surface area contributed by atoms with E-state index in [-0.39, 0.29) is 54.7 Å². The molecule has 6 aliphatic rings. The number of piperidine rings is 3. The average Bonchev–Trinajstić information content (AvgIpc) is 3.55. The summed E-state index contributed by atoms with van der Waals surface area (Å²) in [6.45, 7) is 6.70. The summed E-state index contributed by atoms with van der Waals surface area (Å²) < 4.78 is 21.5. The molecule has 4 saturated heterocycles. The monoisotopic (exact) mass is 837 g/mol. The molecule has 0 radical (unpaired) electrons. The maximum atomic E-state index is 15.4. The summed E-state index contributed by atoms with van der Waals surface area (Å²) in [6.07, 6.45) is 7.90. The highest BCUT2D eigenvalue weighted by Gasteiger charge is 2.47. The molecule has 1 aromatic heterocycles. The first-order valence-corrected chi connectivity index (χ1v) is 21.6. The number of halogens is 2. The van der Waals surface area contributed by atoms with Gasteiger partial charge in [0.05, 0.1) is 22.4 Å². The first-order valence-electron chi connectivity index (χ1n) is 21.2. The van der Waals surface area contributed by atoms with Gasteiger partial charge in [-0.1, -0.05) is 11.6 Å². The number of nitriles is 1. The van der Waals surface area contributed by atoms with Crippen LogP contribution < -0.4 is 25.2 Å². The highest BCUT2D eigenvalue weighted by atomic mass is 35.5. The van der Waals surface area contributed by atoms with E-state index in [1.54, 1.807) is 30.3 Å². The van der Waals surface area contributed by atoms with Crippen LogP contribution in [-0.4, -0.2) is 108 Å². The average molecular weight is 838 g/mol. The molecular formula is C44H49ClFN9O5. The lowest BCUT2D eigenvalue weighted by atomic mass is 9.71. The molecule has 3 aromatic rings. The fraction of sp³-hybridized carbons (Fsp3) is 0.523. The molecule has 5 aliphatic heterocycles. The maximum Gasteiger partial charge on any atom is 0.272 e. The lowest BCUT2D eigenvalue weighted by Gasteiger charge is -2.55. The van der Waals surface area contributed by atoms with Crippen LogP contribution in [0, 0.1) is 28.5 Å². The van der Waals surface area contributed by atoms with Crippen LogP contribution in [0.2, 0.25) is 5.02 Å². The number of hydrogen-bond donors (Lipinski definition) is 2. The van der Waals surface area contributed by atoms with E-state index in [4.69, 9.17) is 21.6 Å². The largest absolute Gasteiger partial charge is 0.490 e. The van der Waals surface area contributed by atoms with Crippen LogP contribution in [0.3, 0.4) is 0 Å². The molecule has 9 rings (SSSR count). The predicted octanol–water partition coefficient (Wildman–Crippen LogP) is 4.84. The third-order valence-corrected chi connectivity index (χ3v) is 13.9. The zero-order valence-corrected chi connectivity index (χ0v) is 34.3. The number of likely N-dealkylation sites (tertiary alicyclic amines) is 1. The molecule has 1 atom stereocenters. The summed E-state index contributed by atoms with van der Waals surface area (Å²) >= 11 is 6.15. The van der Waals surface area contributed by atoms with Gasteiger partial charge in [0.25, 0.3) is 11.8 Å². The van der Waals surface area contributed by atoms with Crippen LogP contribution in [0.5, 0.6) is 5.75 Å². The molecular weight excluding hydrogens is 789 g/mol. The summed E-state index contributed by atoms with van der Waals surface area (Å²) in [5.74, 6) is 0.228. The number of amides is 4. The minimum Gasteiger partial charge on any atom is -0.490 e. The van der Waals surface area contributed by atoms with Crippen molar-refractivity contribution in [3.05, 3.63) is 75.7 Å².